The van der Waals surface area contributed by atoms with Crippen molar-refractivity contribution in [3.05, 3.63) is 11.4 Å². The smallest absolute Gasteiger partial charge is 0.273 e. The Bertz CT molecular complexity index is 539. The van der Waals surface area contributed by atoms with E-state index in [0.29, 0.717) is 18.7 Å². The third kappa shape index (κ3) is 4.21. The standard InChI is InChI=1S/C11H18ClN3O3S/c1-3-5-7-13-11(16)9-10(19(12,17)18)8(6-4-2)14-15-9/h3-7H2,1-2H3,(H,13,16)(H,14,15). The monoisotopic (exact) mass is 307 g/mol. The molecule has 0 spiro atoms. The second kappa shape index (κ2) is 6.91. The van der Waals surface area contributed by atoms with E-state index in [2.05, 4.69) is 15.5 Å². The molecule has 1 heterocycles. The SMILES string of the molecule is CCCCNC(=O)c1n[nH]c(CCC)c1S(=O)(=O)Cl. The second-order valence-corrected chi connectivity index (χ2v) is 6.68. The van der Waals surface area contributed by atoms with Crippen molar-refractivity contribution in [2.75, 3.05) is 6.54 Å². The number of aromatic nitrogens is 2. The lowest BCUT2D eigenvalue weighted by Crippen LogP contribution is -2.26. The molecule has 1 aromatic rings. The van der Waals surface area contributed by atoms with E-state index in [1.807, 2.05) is 13.8 Å². The molecule has 2 N–H and O–H groups in total. The normalized spacial score (nSPS) is 11.5. The molecule has 108 valence electrons. The third-order valence-corrected chi connectivity index (χ3v) is 3.96. The van der Waals surface area contributed by atoms with Crippen molar-refractivity contribution in [2.24, 2.45) is 0 Å². The molecule has 0 aliphatic rings. The van der Waals surface area contributed by atoms with Crippen LogP contribution >= 0.6 is 10.7 Å². The number of halogens is 1. The Balaban J connectivity index is 3.04. The fourth-order valence-electron chi connectivity index (χ4n) is 1.67. The van der Waals surface area contributed by atoms with Crippen LogP contribution in [0.1, 0.15) is 49.3 Å². The number of hydrogen-bond donors (Lipinski definition) is 2. The van der Waals surface area contributed by atoms with Crippen LogP contribution < -0.4 is 5.32 Å². The van der Waals surface area contributed by atoms with Crippen molar-refractivity contribution in [1.82, 2.24) is 15.5 Å². The predicted molar refractivity (Wildman–Crippen MR) is 72.9 cm³/mol. The number of unbranched alkanes of at least 4 members (excludes halogenated alkanes) is 1. The third-order valence-electron chi connectivity index (χ3n) is 2.57. The summed E-state index contributed by atoms with van der Waals surface area (Å²) in [5.74, 6) is -0.522. The van der Waals surface area contributed by atoms with Gasteiger partial charge in [0.1, 0.15) is 4.90 Å². The van der Waals surface area contributed by atoms with Crippen molar-refractivity contribution in [1.29, 1.82) is 0 Å². The van der Waals surface area contributed by atoms with Gasteiger partial charge in [0.2, 0.25) is 0 Å². The van der Waals surface area contributed by atoms with Gasteiger partial charge < -0.3 is 5.32 Å². The van der Waals surface area contributed by atoms with Gasteiger partial charge in [0.15, 0.2) is 5.69 Å². The second-order valence-electron chi connectivity index (χ2n) is 4.18. The first-order valence-electron chi connectivity index (χ1n) is 6.21. The number of nitrogens with one attached hydrogen (secondary N) is 2. The molecule has 1 aromatic heterocycles. The Morgan fingerprint density at radius 3 is 2.58 bits per heavy atom. The molecule has 0 aromatic carbocycles. The van der Waals surface area contributed by atoms with Gasteiger partial charge in [0.25, 0.3) is 15.0 Å². The van der Waals surface area contributed by atoms with E-state index < -0.39 is 15.0 Å². The van der Waals surface area contributed by atoms with E-state index >= 15 is 0 Å². The van der Waals surface area contributed by atoms with Gasteiger partial charge in [-0.1, -0.05) is 26.7 Å². The zero-order chi connectivity index (χ0) is 14.5. The van der Waals surface area contributed by atoms with Crippen LogP contribution in [0.2, 0.25) is 0 Å². The van der Waals surface area contributed by atoms with Gasteiger partial charge >= 0.3 is 0 Å². The summed E-state index contributed by atoms with van der Waals surface area (Å²) in [6.45, 7) is 4.37. The molecule has 0 aliphatic carbocycles. The summed E-state index contributed by atoms with van der Waals surface area (Å²) in [5, 5.41) is 8.98. The number of carbonyl (C=O) groups excluding carboxylic acids is 1. The first-order chi connectivity index (χ1) is 8.91. The molecule has 1 rings (SSSR count). The van der Waals surface area contributed by atoms with Crippen LogP contribution in [-0.4, -0.2) is 31.1 Å². The summed E-state index contributed by atoms with van der Waals surface area (Å²) >= 11 is 0. The molecule has 0 radical (unpaired) electrons. The number of hydrogen-bond acceptors (Lipinski definition) is 4. The topological polar surface area (TPSA) is 91.9 Å². The molecule has 6 nitrogen and oxygen atoms in total. The Kier molecular flexibility index (Phi) is 5.81. The summed E-state index contributed by atoms with van der Waals surface area (Å²) in [5.41, 5.74) is 0.215. The van der Waals surface area contributed by atoms with Crippen LogP contribution in [0.3, 0.4) is 0 Å². The molecule has 0 saturated carbocycles. The van der Waals surface area contributed by atoms with Crippen LogP contribution in [-0.2, 0) is 15.5 Å². The highest BCUT2D eigenvalue weighted by Gasteiger charge is 2.27. The van der Waals surface area contributed by atoms with Gasteiger partial charge in [-0.05, 0) is 12.8 Å². The van der Waals surface area contributed by atoms with Crippen molar-refractivity contribution >= 4 is 25.6 Å². The summed E-state index contributed by atoms with van der Waals surface area (Å²) in [6, 6.07) is 0. The first-order valence-corrected chi connectivity index (χ1v) is 8.52. The average Bonchev–Trinajstić information content (AvgIpc) is 2.73. The fraction of sp³-hybridized carbons (Fsp3) is 0.636. The summed E-state index contributed by atoms with van der Waals surface area (Å²) in [4.78, 5) is 11.7. The molecule has 1 amide bonds. The summed E-state index contributed by atoms with van der Waals surface area (Å²) in [6.07, 6.45) is 2.94. The van der Waals surface area contributed by atoms with Gasteiger partial charge in [-0.15, -0.1) is 0 Å². The van der Waals surface area contributed by atoms with Gasteiger partial charge in [-0.3, -0.25) is 9.89 Å². The summed E-state index contributed by atoms with van der Waals surface area (Å²) in [7, 11) is 1.38. The first kappa shape index (κ1) is 16.0. The number of H-pyrrole nitrogens is 1. The van der Waals surface area contributed by atoms with Crippen molar-refractivity contribution < 1.29 is 13.2 Å². The number of nitrogens with zero attached hydrogens (tertiary/aromatic N) is 1. The minimum Gasteiger partial charge on any atom is -0.351 e. The van der Waals surface area contributed by atoms with E-state index in [-0.39, 0.29) is 10.6 Å². The Morgan fingerprint density at radius 2 is 2.05 bits per heavy atom. The summed E-state index contributed by atoms with van der Waals surface area (Å²) < 4.78 is 23.1. The van der Waals surface area contributed by atoms with E-state index in [9.17, 15) is 13.2 Å². The number of aryl methyl sites for hydroxylation is 1. The fourth-order valence-corrected chi connectivity index (χ4v) is 2.98. The molecular weight excluding hydrogens is 290 g/mol. The molecule has 0 atom stereocenters. The molecule has 8 heteroatoms. The lowest BCUT2D eigenvalue weighted by Gasteiger charge is -2.03. The van der Waals surface area contributed by atoms with Crippen molar-refractivity contribution in [2.45, 2.75) is 44.4 Å². The molecule has 0 fully saturated rings. The van der Waals surface area contributed by atoms with E-state index in [1.54, 1.807) is 0 Å². The minimum absolute atomic E-state index is 0.158. The number of rotatable bonds is 7. The minimum atomic E-state index is -4.00. The Hall–Kier alpha value is -1.08. The number of aromatic amines is 1. The Morgan fingerprint density at radius 1 is 1.37 bits per heavy atom. The number of carbonyl (C=O) groups is 1. The quantitative estimate of drug-likeness (QED) is 0.593. The molecule has 0 aliphatic heterocycles. The molecule has 19 heavy (non-hydrogen) atoms. The molecule has 0 bridgehead atoms. The lowest BCUT2D eigenvalue weighted by atomic mass is 10.2. The van der Waals surface area contributed by atoms with E-state index in [0.717, 1.165) is 19.3 Å². The van der Waals surface area contributed by atoms with Crippen molar-refractivity contribution in [3.8, 4) is 0 Å². The maximum atomic E-state index is 11.9. The lowest BCUT2D eigenvalue weighted by molar-refractivity contribution is 0.0945. The maximum Gasteiger partial charge on any atom is 0.273 e. The van der Waals surface area contributed by atoms with Crippen LogP contribution in [0.5, 0.6) is 0 Å². The highest BCUT2D eigenvalue weighted by Crippen LogP contribution is 2.23. The zero-order valence-corrected chi connectivity index (χ0v) is 12.6. The highest BCUT2D eigenvalue weighted by atomic mass is 35.7. The molecule has 0 saturated heterocycles. The average molecular weight is 308 g/mol. The van der Waals surface area contributed by atoms with Crippen LogP contribution in [0.4, 0.5) is 0 Å². The van der Waals surface area contributed by atoms with E-state index in [1.165, 1.54) is 0 Å². The van der Waals surface area contributed by atoms with Crippen LogP contribution in [0.25, 0.3) is 0 Å². The van der Waals surface area contributed by atoms with Crippen LogP contribution in [0, 0.1) is 0 Å². The van der Waals surface area contributed by atoms with Gasteiger partial charge in [0, 0.05) is 17.2 Å². The molecule has 0 unspecified atom stereocenters. The number of amides is 1. The zero-order valence-electron chi connectivity index (χ0n) is 11.0. The van der Waals surface area contributed by atoms with Gasteiger partial charge in [-0.2, -0.15) is 5.10 Å². The highest BCUT2D eigenvalue weighted by molar-refractivity contribution is 8.13. The van der Waals surface area contributed by atoms with Gasteiger partial charge in [-0.25, -0.2) is 8.42 Å². The molecular formula is C11H18ClN3O3S. The Labute approximate surface area is 117 Å². The van der Waals surface area contributed by atoms with Crippen LogP contribution in [0.15, 0.2) is 4.90 Å². The van der Waals surface area contributed by atoms with Crippen molar-refractivity contribution in [3.63, 3.8) is 0 Å². The predicted octanol–water partition coefficient (Wildman–Crippen LogP) is 1.82. The van der Waals surface area contributed by atoms with E-state index in [4.69, 9.17) is 10.7 Å². The van der Waals surface area contributed by atoms with Gasteiger partial charge in [0.05, 0.1) is 5.69 Å². The maximum absolute atomic E-state index is 11.9. The largest absolute Gasteiger partial charge is 0.351 e.